The molecular weight excluding hydrogens is 214 g/mol. The van der Waals surface area contributed by atoms with E-state index in [0.29, 0.717) is 0 Å². The quantitative estimate of drug-likeness (QED) is 0.844. The lowest BCUT2D eigenvalue weighted by Gasteiger charge is -2.25. The van der Waals surface area contributed by atoms with Crippen molar-refractivity contribution in [1.82, 2.24) is 5.32 Å². The van der Waals surface area contributed by atoms with Gasteiger partial charge in [0.15, 0.2) is 0 Å². The number of hydrogen-bond acceptors (Lipinski definition) is 2. The predicted octanol–water partition coefficient (Wildman–Crippen LogP) is 2.27. The molecule has 3 nitrogen and oxygen atoms in total. The predicted molar refractivity (Wildman–Crippen MR) is 68.5 cm³/mol. The van der Waals surface area contributed by atoms with Gasteiger partial charge in [0.05, 0.1) is 12.0 Å². The summed E-state index contributed by atoms with van der Waals surface area (Å²) in [7, 11) is 0. The normalized spacial score (nSPS) is 15.1. The van der Waals surface area contributed by atoms with Crippen LogP contribution in [-0.2, 0) is 4.79 Å². The number of carbonyl (C=O) groups excluding carboxylic acids is 1. The summed E-state index contributed by atoms with van der Waals surface area (Å²) >= 11 is 0. The molecule has 0 aliphatic rings. The Bertz CT molecular complexity index is 368. The highest BCUT2D eigenvalue weighted by Gasteiger charge is 2.26. The molecule has 0 aliphatic heterocycles. The van der Waals surface area contributed by atoms with E-state index in [-0.39, 0.29) is 11.4 Å². The number of aliphatic hydroxyl groups excluding tert-OH is 1. The largest absolute Gasteiger partial charge is 0.388 e. The first-order valence-electron chi connectivity index (χ1n) is 5.86. The van der Waals surface area contributed by atoms with Crippen molar-refractivity contribution in [2.75, 3.05) is 0 Å². The molecule has 2 N–H and O–H groups in total. The van der Waals surface area contributed by atoms with Crippen molar-refractivity contribution in [3.8, 4) is 0 Å². The highest BCUT2D eigenvalue weighted by atomic mass is 16.3. The first-order valence-corrected chi connectivity index (χ1v) is 5.86. The molecule has 0 aromatic heterocycles. The number of amides is 1. The van der Waals surface area contributed by atoms with E-state index in [1.165, 1.54) is 0 Å². The van der Waals surface area contributed by atoms with Gasteiger partial charge in [-0.1, -0.05) is 37.3 Å². The summed E-state index contributed by atoms with van der Waals surface area (Å²) in [6.07, 6.45) is -0.765. The number of aliphatic hydroxyl groups is 1. The van der Waals surface area contributed by atoms with E-state index in [0.717, 1.165) is 5.56 Å². The SMILES string of the molecule is C[C@@H](C(=O)NC(C)(C)C)[C@@H](O)c1ccccc1. The lowest BCUT2D eigenvalue weighted by Crippen LogP contribution is -2.44. The standard InChI is InChI=1S/C14H21NO2/c1-10(13(17)15-14(2,3)4)12(16)11-8-6-5-7-9-11/h5-10,12,16H,1-4H3,(H,15,17)/t10-,12-/m1/s1. The van der Waals surface area contributed by atoms with Gasteiger partial charge in [-0.05, 0) is 26.3 Å². The van der Waals surface area contributed by atoms with Crippen LogP contribution in [-0.4, -0.2) is 16.6 Å². The van der Waals surface area contributed by atoms with Crippen molar-refractivity contribution in [1.29, 1.82) is 0 Å². The minimum atomic E-state index is -0.765. The molecule has 2 atom stereocenters. The summed E-state index contributed by atoms with van der Waals surface area (Å²) in [6.45, 7) is 7.50. The first kappa shape index (κ1) is 13.7. The third kappa shape index (κ3) is 4.19. The highest BCUT2D eigenvalue weighted by Crippen LogP contribution is 2.22. The minimum Gasteiger partial charge on any atom is -0.388 e. The molecule has 0 radical (unpaired) electrons. The van der Waals surface area contributed by atoms with Crippen LogP contribution in [0, 0.1) is 5.92 Å². The highest BCUT2D eigenvalue weighted by molar-refractivity contribution is 5.79. The number of hydrogen-bond donors (Lipinski definition) is 2. The maximum atomic E-state index is 11.9. The summed E-state index contributed by atoms with van der Waals surface area (Å²) in [4.78, 5) is 11.9. The Kier molecular flexibility index (Phi) is 4.29. The van der Waals surface area contributed by atoms with Crippen LogP contribution in [0.2, 0.25) is 0 Å². The molecule has 17 heavy (non-hydrogen) atoms. The van der Waals surface area contributed by atoms with Crippen LogP contribution in [0.25, 0.3) is 0 Å². The van der Waals surface area contributed by atoms with E-state index in [1.54, 1.807) is 6.92 Å². The summed E-state index contributed by atoms with van der Waals surface area (Å²) in [5.74, 6) is -0.592. The molecule has 0 bridgehead atoms. The van der Waals surface area contributed by atoms with Gasteiger partial charge in [-0.15, -0.1) is 0 Å². The molecule has 3 heteroatoms. The van der Waals surface area contributed by atoms with Crippen LogP contribution in [0.1, 0.15) is 39.4 Å². The second-order valence-electron chi connectivity index (χ2n) is 5.38. The van der Waals surface area contributed by atoms with E-state index in [4.69, 9.17) is 0 Å². The number of benzene rings is 1. The maximum absolute atomic E-state index is 11.9. The van der Waals surface area contributed by atoms with Gasteiger partial charge < -0.3 is 10.4 Å². The van der Waals surface area contributed by atoms with Gasteiger partial charge in [0.1, 0.15) is 0 Å². The Morgan fingerprint density at radius 2 is 1.76 bits per heavy atom. The Hall–Kier alpha value is -1.35. The molecule has 0 spiro atoms. The molecule has 0 aliphatic carbocycles. The van der Waals surface area contributed by atoms with Crippen molar-refractivity contribution in [3.63, 3.8) is 0 Å². The molecule has 1 amide bonds. The molecule has 0 fully saturated rings. The fourth-order valence-electron chi connectivity index (χ4n) is 1.57. The van der Waals surface area contributed by atoms with Crippen LogP contribution < -0.4 is 5.32 Å². The van der Waals surface area contributed by atoms with Crippen LogP contribution in [0.3, 0.4) is 0 Å². The number of rotatable bonds is 3. The molecule has 0 unspecified atom stereocenters. The molecule has 94 valence electrons. The Labute approximate surface area is 103 Å². The zero-order valence-electron chi connectivity index (χ0n) is 10.9. The third-order valence-corrected chi connectivity index (χ3v) is 2.53. The van der Waals surface area contributed by atoms with E-state index in [1.807, 2.05) is 51.1 Å². The van der Waals surface area contributed by atoms with Gasteiger partial charge in [0, 0.05) is 5.54 Å². The zero-order chi connectivity index (χ0) is 13.1. The number of carbonyl (C=O) groups is 1. The molecular formula is C14H21NO2. The smallest absolute Gasteiger partial charge is 0.226 e. The van der Waals surface area contributed by atoms with Crippen molar-refractivity contribution in [3.05, 3.63) is 35.9 Å². The summed E-state index contributed by atoms with van der Waals surface area (Å²) < 4.78 is 0. The van der Waals surface area contributed by atoms with Crippen molar-refractivity contribution in [2.45, 2.75) is 39.3 Å². The van der Waals surface area contributed by atoms with Crippen LogP contribution >= 0.6 is 0 Å². The average molecular weight is 235 g/mol. The van der Waals surface area contributed by atoms with Crippen LogP contribution in [0.5, 0.6) is 0 Å². The molecule has 1 aromatic rings. The third-order valence-electron chi connectivity index (χ3n) is 2.53. The fraction of sp³-hybridized carbons (Fsp3) is 0.500. The van der Waals surface area contributed by atoms with Gasteiger partial charge in [-0.2, -0.15) is 0 Å². The van der Waals surface area contributed by atoms with E-state index >= 15 is 0 Å². The van der Waals surface area contributed by atoms with E-state index in [2.05, 4.69) is 5.32 Å². The second-order valence-corrected chi connectivity index (χ2v) is 5.38. The summed E-state index contributed by atoms with van der Waals surface area (Å²) in [6, 6.07) is 9.24. The van der Waals surface area contributed by atoms with Crippen molar-refractivity contribution < 1.29 is 9.90 Å². The number of nitrogens with one attached hydrogen (secondary N) is 1. The molecule has 0 heterocycles. The lowest BCUT2D eigenvalue weighted by atomic mass is 9.95. The second kappa shape index (κ2) is 5.32. The maximum Gasteiger partial charge on any atom is 0.226 e. The average Bonchev–Trinajstić information content (AvgIpc) is 2.26. The van der Waals surface area contributed by atoms with Gasteiger partial charge in [-0.3, -0.25) is 4.79 Å². The summed E-state index contributed by atoms with van der Waals surface area (Å²) in [5, 5.41) is 13.0. The van der Waals surface area contributed by atoms with Gasteiger partial charge in [-0.25, -0.2) is 0 Å². The van der Waals surface area contributed by atoms with E-state index < -0.39 is 12.0 Å². The Morgan fingerprint density at radius 1 is 1.24 bits per heavy atom. The fourth-order valence-corrected chi connectivity index (χ4v) is 1.57. The molecule has 1 aromatic carbocycles. The molecule has 0 saturated heterocycles. The molecule has 1 rings (SSSR count). The van der Waals surface area contributed by atoms with E-state index in [9.17, 15) is 9.90 Å². The molecule has 0 saturated carbocycles. The first-order chi connectivity index (χ1) is 7.81. The topological polar surface area (TPSA) is 49.3 Å². The van der Waals surface area contributed by atoms with Crippen LogP contribution in [0.4, 0.5) is 0 Å². The van der Waals surface area contributed by atoms with Gasteiger partial charge in [0.25, 0.3) is 0 Å². The van der Waals surface area contributed by atoms with Gasteiger partial charge in [0.2, 0.25) is 5.91 Å². The van der Waals surface area contributed by atoms with Crippen molar-refractivity contribution in [2.24, 2.45) is 5.92 Å². The zero-order valence-corrected chi connectivity index (χ0v) is 10.9. The van der Waals surface area contributed by atoms with Crippen molar-refractivity contribution >= 4 is 5.91 Å². The Morgan fingerprint density at radius 3 is 2.24 bits per heavy atom. The lowest BCUT2D eigenvalue weighted by molar-refractivity contribution is -0.129. The van der Waals surface area contributed by atoms with Crippen LogP contribution in [0.15, 0.2) is 30.3 Å². The monoisotopic (exact) mass is 235 g/mol. The van der Waals surface area contributed by atoms with Gasteiger partial charge >= 0.3 is 0 Å². The Balaban J connectivity index is 2.70. The summed E-state index contributed by atoms with van der Waals surface area (Å²) in [5.41, 5.74) is 0.492. The minimum absolute atomic E-state index is 0.131.